The second kappa shape index (κ2) is 4.11. The van der Waals surface area contributed by atoms with Crippen molar-refractivity contribution in [2.24, 2.45) is 4.99 Å². The summed E-state index contributed by atoms with van der Waals surface area (Å²) < 4.78 is 26.1. The fraction of sp³-hybridized carbons (Fsp3) is 0.455. The number of aromatic nitrogens is 1. The normalized spacial score (nSPS) is 24.1. The van der Waals surface area contributed by atoms with Crippen molar-refractivity contribution in [3.8, 4) is 0 Å². The summed E-state index contributed by atoms with van der Waals surface area (Å²) in [6.45, 7) is 0.802. The van der Waals surface area contributed by atoms with E-state index >= 15 is 0 Å². The Morgan fingerprint density at radius 1 is 1.44 bits per heavy atom. The number of pyridine rings is 1. The minimum absolute atomic E-state index is 0.0831. The van der Waals surface area contributed by atoms with Crippen LogP contribution >= 0.6 is 0 Å². The van der Waals surface area contributed by atoms with Crippen LogP contribution in [0, 0.1) is 0 Å². The van der Waals surface area contributed by atoms with Crippen LogP contribution in [0.5, 0.6) is 0 Å². The number of sulfonamides is 1. The van der Waals surface area contributed by atoms with E-state index in [1.807, 2.05) is 0 Å². The molecule has 1 N–H and O–H groups in total. The van der Waals surface area contributed by atoms with Gasteiger partial charge in [0, 0.05) is 24.8 Å². The molecule has 18 heavy (non-hydrogen) atoms. The minimum Gasteiger partial charge on any atom is -0.392 e. The molecule has 3 heterocycles. The van der Waals surface area contributed by atoms with E-state index in [0.29, 0.717) is 30.8 Å². The SMILES string of the molecule is O=S(=O)(C1=NCc2ncccc21)N1CCC(O)C1. The zero-order valence-corrected chi connectivity index (χ0v) is 10.5. The van der Waals surface area contributed by atoms with E-state index in [0.717, 1.165) is 0 Å². The molecule has 1 unspecified atom stereocenters. The predicted molar refractivity (Wildman–Crippen MR) is 65.6 cm³/mol. The first-order valence-corrected chi connectivity index (χ1v) is 7.20. The molecule has 96 valence electrons. The van der Waals surface area contributed by atoms with E-state index in [2.05, 4.69) is 9.98 Å². The van der Waals surface area contributed by atoms with Crippen molar-refractivity contribution in [2.45, 2.75) is 19.1 Å². The van der Waals surface area contributed by atoms with Crippen LogP contribution in [0.3, 0.4) is 0 Å². The van der Waals surface area contributed by atoms with E-state index in [9.17, 15) is 13.5 Å². The lowest BCUT2D eigenvalue weighted by Gasteiger charge is -2.15. The van der Waals surface area contributed by atoms with Gasteiger partial charge in [0.2, 0.25) is 0 Å². The van der Waals surface area contributed by atoms with Gasteiger partial charge in [0.25, 0.3) is 10.0 Å². The van der Waals surface area contributed by atoms with Crippen molar-refractivity contribution < 1.29 is 13.5 Å². The van der Waals surface area contributed by atoms with Crippen LogP contribution < -0.4 is 0 Å². The molecule has 0 amide bonds. The second-order valence-electron chi connectivity index (χ2n) is 4.42. The van der Waals surface area contributed by atoms with Crippen LogP contribution in [0.15, 0.2) is 23.3 Å². The number of aliphatic hydroxyl groups is 1. The Balaban J connectivity index is 1.97. The highest BCUT2D eigenvalue weighted by molar-refractivity contribution is 8.05. The van der Waals surface area contributed by atoms with E-state index in [1.165, 1.54) is 4.31 Å². The van der Waals surface area contributed by atoms with Crippen LogP contribution in [-0.2, 0) is 16.6 Å². The average Bonchev–Trinajstić information content (AvgIpc) is 2.95. The highest BCUT2D eigenvalue weighted by Crippen LogP contribution is 2.24. The van der Waals surface area contributed by atoms with Gasteiger partial charge in [-0.1, -0.05) is 0 Å². The van der Waals surface area contributed by atoms with Gasteiger partial charge in [-0.05, 0) is 18.6 Å². The molecule has 2 aliphatic rings. The summed E-state index contributed by atoms with van der Waals surface area (Å²) in [7, 11) is -3.60. The summed E-state index contributed by atoms with van der Waals surface area (Å²) in [6, 6.07) is 3.42. The highest BCUT2D eigenvalue weighted by Gasteiger charge is 2.37. The Hall–Kier alpha value is -1.31. The molecule has 1 aromatic heterocycles. The van der Waals surface area contributed by atoms with Crippen LogP contribution in [0.2, 0.25) is 0 Å². The lowest BCUT2D eigenvalue weighted by Crippen LogP contribution is -2.35. The molecular formula is C11H13N3O3S. The molecule has 0 bridgehead atoms. The van der Waals surface area contributed by atoms with E-state index in [1.54, 1.807) is 18.3 Å². The maximum absolute atomic E-state index is 12.4. The number of β-amino-alcohol motifs (C(OH)–C–C–N with tert-alkyl or cyclic N) is 1. The van der Waals surface area contributed by atoms with Crippen molar-refractivity contribution in [3.63, 3.8) is 0 Å². The molecule has 6 nitrogen and oxygen atoms in total. The number of nitrogens with zero attached hydrogens (tertiary/aromatic N) is 3. The number of rotatable bonds is 1. The summed E-state index contributed by atoms with van der Waals surface area (Å²) in [5.41, 5.74) is 1.27. The Labute approximate surface area is 105 Å². The van der Waals surface area contributed by atoms with Crippen LogP contribution in [0.25, 0.3) is 0 Å². The van der Waals surface area contributed by atoms with Crippen molar-refractivity contribution in [3.05, 3.63) is 29.6 Å². The molecule has 2 aliphatic heterocycles. The lowest BCUT2D eigenvalue weighted by atomic mass is 10.2. The summed E-state index contributed by atoms with van der Waals surface area (Å²) in [6.07, 6.45) is 1.53. The zero-order chi connectivity index (χ0) is 12.8. The van der Waals surface area contributed by atoms with Gasteiger partial charge < -0.3 is 5.11 Å². The summed E-state index contributed by atoms with van der Waals surface area (Å²) in [5, 5.41) is 9.53. The fourth-order valence-electron chi connectivity index (χ4n) is 2.26. The Bertz CT molecular complexity index is 612. The minimum atomic E-state index is -3.60. The first kappa shape index (κ1) is 11.8. The number of aliphatic imine (C=N–C) groups is 1. The highest BCUT2D eigenvalue weighted by atomic mass is 32.2. The summed E-state index contributed by atoms with van der Waals surface area (Å²) in [4.78, 5) is 8.21. The average molecular weight is 267 g/mol. The Kier molecular flexibility index (Phi) is 2.69. The molecule has 0 saturated carbocycles. The molecule has 3 rings (SSSR count). The topological polar surface area (TPSA) is 82.9 Å². The fourth-order valence-corrected chi connectivity index (χ4v) is 3.91. The van der Waals surface area contributed by atoms with Crippen molar-refractivity contribution in [1.29, 1.82) is 0 Å². The van der Waals surface area contributed by atoms with E-state index in [-0.39, 0.29) is 11.6 Å². The maximum Gasteiger partial charge on any atom is 0.260 e. The third-order valence-electron chi connectivity index (χ3n) is 3.20. The monoisotopic (exact) mass is 267 g/mol. The molecule has 1 atom stereocenters. The molecule has 1 fully saturated rings. The molecule has 0 aliphatic carbocycles. The van der Waals surface area contributed by atoms with Crippen molar-refractivity contribution in [1.82, 2.24) is 9.29 Å². The number of hydrogen-bond acceptors (Lipinski definition) is 5. The van der Waals surface area contributed by atoms with Gasteiger partial charge in [-0.3, -0.25) is 9.98 Å². The van der Waals surface area contributed by atoms with Crippen LogP contribution in [0.1, 0.15) is 17.7 Å². The predicted octanol–water partition coefficient (Wildman–Crippen LogP) is -0.262. The number of aliphatic hydroxyl groups excluding tert-OH is 1. The van der Waals surface area contributed by atoms with Crippen LogP contribution in [0.4, 0.5) is 0 Å². The molecule has 0 radical (unpaired) electrons. The number of hydrogen-bond donors (Lipinski definition) is 1. The van der Waals surface area contributed by atoms with Gasteiger partial charge in [0.1, 0.15) is 0 Å². The van der Waals surface area contributed by atoms with Crippen LogP contribution in [-0.4, -0.2) is 47.1 Å². The maximum atomic E-state index is 12.4. The lowest BCUT2D eigenvalue weighted by molar-refractivity contribution is 0.189. The molecular weight excluding hydrogens is 254 g/mol. The zero-order valence-electron chi connectivity index (χ0n) is 9.65. The van der Waals surface area contributed by atoms with Gasteiger partial charge in [-0.25, -0.2) is 8.42 Å². The second-order valence-corrected chi connectivity index (χ2v) is 6.28. The standard InChI is InChI=1S/C11H13N3O3S/c15-8-3-5-14(7-8)18(16,17)11-9-2-1-4-12-10(9)6-13-11/h1-2,4,8,15H,3,5-7H2. The molecule has 7 heteroatoms. The van der Waals surface area contributed by atoms with Gasteiger partial charge in [-0.15, -0.1) is 0 Å². The molecule has 0 aromatic carbocycles. The first-order chi connectivity index (χ1) is 8.59. The Morgan fingerprint density at radius 3 is 3.00 bits per heavy atom. The first-order valence-electron chi connectivity index (χ1n) is 5.76. The van der Waals surface area contributed by atoms with Gasteiger partial charge in [-0.2, -0.15) is 4.31 Å². The summed E-state index contributed by atoms with van der Waals surface area (Å²) in [5.74, 6) is 0. The van der Waals surface area contributed by atoms with E-state index in [4.69, 9.17) is 0 Å². The third kappa shape index (κ3) is 1.75. The van der Waals surface area contributed by atoms with Gasteiger partial charge in [0.15, 0.2) is 5.04 Å². The van der Waals surface area contributed by atoms with Crippen molar-refractivity contribution >= 4 is 15.1 Å². The third-order valence-corrected chi connectivity index (χ3v) is 5.05. The quantitative estimate of drug-likeness (QED) is 0.760. The molecule has 1 saturated heterocycles. The summed E-state index contributed by atoms with van der Waals surface area (Å²) >= 11 is 0. The largest absolute Gasteiger partial charge is 0.392 e. The molecule has 1 aromatic rings. The van der Waals surface area contributed by atoms with Gasteiger partial charge in [0.05, 0.1) is 18.3 Å². The number of fused-ring (bicyclic) bond motifs is 1. The van der Waals surface area contributed by atoms with Gasteiger partial charge >= 0.3 is 0 Å². The van der Waals surface area contributed by atoms with Crippen molar-refractivity contribution in [2.75, 3.05) is 13.1 Å². The van der Waals surface area contributed by atoms with E-state index < -0.39 is 16.1 Å². The smallest absolute Gasteiger partial charge is 0.260 e. The Morgan fingerprint density at radius 2 is 2.28 bits per heavy atom. The molecule has 0 spiro atoms.